The van der Waals surface area contributed by atoms with Gasteiger partial charge in [-0.3, -0.25) is 9.59 Å². The van der Waals surface area contributed by atoms with Gasteiger partial charge in [0.05, 0.1) is 12.2 Å². The molecule has 0 aromatic rings. The fourth-order valence-electron chi connectivity index (χ4n) is 6.84. The minimum Gasteiger partial charge on any atom is -0.390 e. The number of fused-ring (bicyclic) bond motifs is 5. The fraction of sp³-hybridized carbons (Fsp3) is 0.714. The first-order valence-electron chi connectivity index (χ1n) is 9.88. The molecule has 0 radical (unpaired) electrons. The number of aliphatic hydroxyl groups excluding tert-OH is 3. The molecule has 8 heteroatoms. The van der Waals surface area contributed by atoms with Crippen LogP contribution in [0.3, 0.4) is 0 Å². The minimum absolute atomic E-state index is 0.0216. The summed E-state index contributed by atoms with van der Waals surface area (Å²) in [5, 5.41) is 42.0. The highest BCUT2D eigenvalue weighted by atomic mass is 19.1. The van der Waals surface area contributed by atoms with Gasteiger partial charge in [-0.15, -0.1) is 0 Å². The van der Waals surface area contributed by atoms with Crippen LogP contribution in [0.4, 0.5) is 8.78 Å². The quantitative estimate of drug-likeness (QED) is 0.527. The van der Waals surface area contributed by atoms with Gasteiger partial charge in [-0.2, -0.15) is 0 Å². The molecule has 0 bridgehead atoms. The average molecular weight is 412 g/mol. The zero-order chi connectivity index (χ0) is 21.6. The van der Waals surface area contributed by atoms with Gasteiger partial charge < -0.3 is 20.4 Å². The number of alkyl halides is 2. The van der Waals surface area contributed by atoms with E-state index in [-0.39, 0.29) is 24.8 Å². The Morgan fingerprint density at radius 1 is 1.21 bits per heavy atom. The lowest BCUT2D eigenvalue weighted by molar-refractivity contribution is -0.226. The normalized spacial score (nSPS) is 53.7. The lowest BCUT2D eigenvalue weighted by atomic mass is 9.44. The molecule has 4 aliphatic rings. The number of carbonyl (C=O) groups is 2. The van der Waals surface area contributed by atoms with E-state index in [1.54, 1.807) is 0 Å². The number of ketones is 2. The van der Waals surface area contributed by atoms with Crippen LogP contribution < -0.4 is 0 Å². The molecule has 160 valence electrons. The predicted octanol–water partition coefficient (Wildman–Crippen LogP) is 0.568. The van der Waals surface area contributed by atoms with Crippen molar-refractivity contribution in [2.24, 2.45) is 22.7 Å². The van der Waals surface area contributed by atoms with E-state index in [0.717, 1.165) is 12.2 Å². The van der Waals surface area contributed by atoms with E-state index in [1.165, 1.54) is 19.9 Å². The minimum atomic E-state index is -2.37. The molecule has 0 aromatic heterocycles. The lowest BCUT2D eigenvalue weighted by Gasteiger charge is -2.62. The first kappa shape index (κ1) is 20.8. The van der Waals surface area contributed by atoms with Crippen LogP contribution in [0.25, 0.3) is 0 Å². The van der Waals surface area contributed by atoms with Crippen LogP contribution in [0, 0.1) is 22.7 Å². The molecule has 4 N–H and O–H groups in total. The number of hydrogen-bond donors (Lipinski definition) is 4. The average Bonchev–Trinajstić information content (AvgIpc) is 2.86. The van der Waals surface area contributed by atoms with Crippen LogP contribution in [0.5, 0.6) is 0 Å². The highest BCUT2D eigenvalue weighted by Crippen LogP contribution is 2.69. The van der Waals surface area contributed by atoms with Crippen LogP contribution in [-0.2, 0) is 9.59 Å². The van der Waals surface area contributed by atoms with Crippen molar-refractivity contribution in [2.75, 3.05) is 6.61 Å². The molecule has 0 amide bonds. The van der Waals surface area contributed by atoms with Crippen molar-refractivity contribution in [1.82, 2.24) is 0 Å². The molecule has 3 saturated carbocycles. The maximum atomic E-state index is 16.8. The van der Waals surface area contributed by atoms with Gasteiger partial charge >= 0.3 is 0 Å². The Balaban J connectivity index is 1.87. The van der Waals surface area contributed by atoms with Crippen LogP contribution in [0.2, 0.25) is 0 Å². The van der Waals surface area contributed by atoms with Crippen molar-refractivity contribution in [3.63, 3.8) is 0 Å². The third kappa shape index (κ3) is 2.18. The van der Waals surface area contributed by atoms with Gasteiger partial charge in [0.15, 0.2) is 22.8 Å². The van der Waals surface area contributed by atoms with E-state index in [0.29, 0.717) is 0 Å². The van der Waals surface area contributed by atoms with E-state index in [9.17, 15) is 30.0 Å². The first-order valence-corrected chi connectivity index (χ1v) is 9.88. The molecular weight excluding hydrogens is 386 g/mol. The van der Waals surface area contributed by atoms with Gasteiger partial charge in [-0.1, -0.05) is 13.0 Å². The van der Waals surface area contributed by atoms with Gasteiger partial charge in [0, 0.05) is 16.7 Å². The van der Waals surface area contributed by atoms with Crippen LogP contribution in [-0.4, -0.2) is 68.2 Å². The monoisotopic (exact) mass is 412 g/mol. The first-order chi connectivity index (χ1) is 13.4. The van der Waals surface area contributed by atoms with E-state index < -0.39 is 70.5 Å². The highest BCUT2D eigenvalue weighted by molar-refractivity contribution is 6.01. The van der Waals surface area contributed by atoms with Crippen LogP contribution in [0.1, 0.15) is 33.1 Å². The second-order valence-electron chi connectivity index (χ2n) is 9.46. The highest BCUT2D eigenvalue weighted by Gasteiger charge is 2.77. The van der Waals surface area contributed by atoms with Gasteiger partial charge in [0.2, 0.25) is 0 Å². The topological polar surface area (TPSA) is 115 Å². The number of aliphatic hydroxyl groups is 4. The fourth-order valence-corrected chi connectivity index (χ4v) is 6.84. The molecule has 3 fully saturated rings. The largest absolute Gasteiger partial charge is 0.390 e. The smallest absolute Gasteiger partial charge is 0.192 e. The standard InChI is InChI=1S/C21H26F2O6/c1-18-4-3-10(25)5-13(18)14(22)6-12-11-7-15(26)21(29,17(28)9-24)19(11,2)8-16(27)20(12,18)23/h3-5,11-12,14-16,24,26-27,29H,6-9H2,1-2H3/t11?,12?,14-,15?,16?,18?,19?,20-,21?/m0/s1. The number of Topliss-reactive ketones (excluding diaryl/α,β-unsaturated/α-hetero) is 1. The maximum absolute atomic E-state index is 16.8. The summed E-state index contributed by atoms with van der Waals surface area (Å²) >= 11 is 0. The third-order valence-corrected chi connectivity index (χ3v) is 8.42. The zero-order valence-electron chi connectivity index (χ0n) is 16.3. The number of hydrogen-bond acceptors (Lipinski definition) is 6. The zero-order valence-corrected chi connectivity index (χ0v) is 16.3. The molecular formula is C21H26F2O6. The molecule has 4 rings (SSSR count). The molecule has 0 aliphatic heterocycles. The Kier molecular flexibility index (Phi) is 4.32. The third-order valence-electron chi connectivity index (χ3n) is 8.42. The van der Waals surface area contributed by atoms with Crippen molar-refractivity contribution < 1.29 is 38.8 Å². The lowest BCUT2D eigenvalue weighted by Crippen LogP contribution is -2.70. The Morgan fingerprint density at radius 2 is 1.86 bits per heavy atom. The van der Waals surface area contributed by atoms with E-state index in [1.807, 2.05) is 0 Å². The van der Waals surface area contributed by atoms with Crippen LogP contribution in [0.15, 0.2) is 23.8 Å². The molecule has 29 heavy (non-hydrogen) atoms. The molecule has 9 atom stereocenters. The summed E-state index contributed by atoms with van der Waals surface area (Å²) in [5.74, 6) is -3.37. The van der Waals surface area contributed by atoms with Crippen LogP contribution >= 0.6 is 0 Å². The molecule has 4 aliphatic carbocycles. The summed E-state index contributed by atoms with van der Waals surface area (Å²) in [4.78, 5) is 24.2. The second kappa shape index (κ2) is 6.03. The summed E-state index contributed by atoms with van der Waals surface area (Å²) in [6.07, 6.45) is -2.21. The van der Waals surface area contributed by atoms with Gasteiger partial charge in [-0.25, -0.2) is 8.78 Å². The van der Waals surface area contributed by atoms with E-state index >= 15 is 8.78 Å². The molecule has 6 nitrogen and oxygen atoms in total. The van der Waals surface area contributed by atoms with Crippen molar-refractivity contribution in [1.29, 1.82) is 0 Å². The molecule has 0 spiro atoms. The van der Waals surface area contributed by atoms with Crippen molar-refractivity contribution in [2.45, 2.75) is 62.8 Å². The molecule has 7 unspecified atom stereocenters. The van der Waals surface area contributed by atoms with Crippen molar-refractivity contribution >= 4 is 11.6 Å². The van der Waals surface area contributed by atoms with Crippen molar-refractivity contribution in [3.05, 3.63) is 23.8 Å². The summed E-state index contributed by atoms with van der Waals surface area (Å²) in [6, 6.07) is 0. The SMILES string of the molecule is CC12CC(O)[C@@]3(F)C(C[C@H](F)C4=CC(=O)C=CC43C)C1CC(O)C2(O)C(=O)CO. The summed E-state index contributed by atoms with van der Waals surface area (Å²) in [5.41, 5.74) is -7.76. The number of carbonyl (C=O) groups excluding carboxylic acids is 2. The number of rotatable bonds is 2. The summed E-state index contributed by atoms with van der Waals surface area (Å²) in [7, 11) is 0. The summed E-state index contributed by atoms with van der Waals surface area (Å²) < 4.78 is 32.0. The Morgan fingerprint density at radius 3 is 2.48 bits per heavy atom. The second-order valence-corrected chi connectivity index (χ2v) is 9.46. The number of halogens is 2. The molecule has 0 aromatic carbocycles. The predicted molar refractivity (Wildman–Crippen MR) is 97.1 cm³/mol. The number of allylic oxidation sites excluding steroid dienone is 4. The molecule has 0 heterocycles. The van der Waals surface area contributed by atoms with E-state index in [4.69, 9.17) is 0 Å². The molecule has 0 saturated heterocycles. The van der Waals surface area contributed by atoms with E-state index in [2.05, 4.69) is 0 Å². The Hall–Kier alpha value is -1.48. The van der Waals surface area contributed by atoms with Gasteiger partial charge in [0.25, 0.3) is 0 Å². The van der Waals surface area contributed by atoms with Crippen molar-refractivity contribution in [3.8, 4) is 0 Å². The van der Waals surface area contributed by atoms with Gasteiger partial charge in [-0.05, 0) is 49.8 Å². The Bertz CT molecular complexity index is 841. The Labute approximate surface area is 166 Å². The van der Waals surface area contributed by atoms with Gasteiger partial charge in [0.1, 0.15) is 12.8 Å². The maximum Gasteiger partial charge on any atom is 0.192 e. The summed E-state index contributed by atoms with van der Waals surface area (Å²) in [6.45, 7) is 1.91.